The van der Waals surface area contributed by atoms with Gasteiger partial charge in [0.2, 0.25) is 0 Å². The molecule has 6 heteroatoms. The number of aromatic nitrogens is 2. The molecule has 1 saturated carbocycles. The quantitative estimate of drug-likeness (QED) is 0.920. The molecule has 0 aromatic carbocycles. The highest BCUT2D eigenvalue weighted by Gasteiger charge is 2.41. The molecule has 108 valence electrons. The van der Waals surface area contributed by atoms with Crippen molar-refractivity contribution in [3.8, 4) is 0 Å². The molecule has 0 bridgehead atoms. The molecule has 0 spiro atoms. The third kappa shape index (κ3) is 3.35. The van der Waals surface area contributed by atoms with E-state index in [0.29, 0.717) is 25.1 Å². The zero-order chi connectivity index (χ0) is 14.0. The number of halogens is 2. The van der Waals surface area contributed by atoms with Crippen molar-refractivity contribution in [1.29, 1.82) is 0 Å². The summed E-state index contributed by atoms with van der Waals surface area (Å²) in [5, 5.41) is 4.30. The average Bonchev–Trinajstić information content (AvgIpc) is 2.68. The van der Waals surface area contributed by atoms with Crippen LogP contribution in [0.15, 0.2) is 10.7 Å². The van der Waals surface area contributed by atoms with Gasteiger partial charge in [0.15, 0.2) is 5.67 Å². The Morgan fingerprint density at radius 2 is 2.37 bits per heavy atom. The summed E-state index contributed by atoms with van der Waals surface area (Å²) in [6.07, 6.45) is 4.36. The Bertz CT molecular complexity index is 434. The van der Waals surface area contributed by atoms with Crippen molar-refractivity contribution in [2.45, 2.75) is 43.9 Å². The molecule has 0 saturated heterocycles. The van der Waals surface area contributed by atoms with E-state index in [9.17, 15) is 0 Å². The second-order valence-corrected chi connectivity index (χ2v) is 6.54. The van der Waals surface area contributed by atoms with Crippen molar-refractivity contribution in [2.24, 2.45) is 5.73 Å². The van der Waals surface area contributed by atoms with Crippen molar-refractivity contribution < 1.29 is 4.39 Å². The SMILES string of the molecule is CN(C)CCn1ncc(Br)c1C1(F)CCCC(N)C1. The Balaban J connectivity index is 2.24. The molecule has 0 radical (unpaired) electrons. The molecule has 1 aromatic rings. The number of hydrogen-bond acceptors (Lipinski definition) is 3. The first kappa shape index (κ1) is 14.9. The van der Waals surface area contributed by atoms with Crippen molar-refractivity contribution in [1.82, 2.24) is 14.7 Å². The normalized spacial score (nSPS) is 28.0. The highest BCUT2D eigenvalue weighted by Crippen LogP contribution is 2.43. The molecule has 1 heterocycles. The second kappa shape index (κ2) is 5.89. The van der Waals surface area contributed by atoms with Crippen LogP contribution < -0.4 is 5.73 Å². The monoisotopic (exact) mass is 332 g/mol. The third-order valence-electron chi connectivity index (χ3n) is 3.71. The lowest BCUT2D eigenvalue weighted by Gasteiger charge is -2.34. The molecule has 1 aromatic heterocycles. The molecule has 0 amide bonds. The highest BCUT2D eigenvalue weighted by molar-refractivity contribution is 9.10. The van der Waals surface area contributed by atoms with E-state index in [2.05, 4.69) is 25.9 Å². The van der Waals surface area contributed by atoms with Crippen LogP contribution in [-0.2, 0) is 12.2 Å². The van der Waals surface area contributed by atoms with E-state index in [1.807, 2.05) is 14.1 Å². The van der Waals surface area contributed by atoms with E-state index in [-0.39, 0.29) is 6.04 Å². The van der Waals surface area contributed by atoms with Crippen LogP contribution in [0.5, 0.6) is 0 Å². The van der Waals surface area contributed by atoms with Gasteiger partial charge >= 0.3 is 0 Å². The Labute approximate surface area is 122 Å². The third-order valence-corrected chi connectivity index (χ3v) is 4.29. The van der Waals surface area contributed by atoms with Crippen LogP contribution in [0.4, 0.5) is 4.39 Å². The molecular weight excluding hydrogens is 311 g/mol. The summed E-state index contributed by atoms with van der Waals surface area (Å²) in [5.41, 5.74) is 5.25. The summed E-state index contributed by atoms with van der Waals surface area (Å²) < 4.78 is 17.8. The fourth-order valence-corrected chi connectivity index (χ4v) is 3.40. The Kier molecular flexibility index (Phi) is 4.63. The first-order valence-electron chi connectivity index (χ1n) is 6.73. The zero-order valence-electron chi connectivity index (χ0n) is 11.6. The smallest absolute Gasteiger partial charge is 0.155 e. The summed E-state index contributed by atoms with van der Waals surface area (Å²) >= 11 is 3.44. The van der Waals surface area contributed by atoms with Gasteiger partial charge in [0.05, 0.1) is 22.9 Å². The van der Waals surface area contributed by atoms with Gasteiger partial charge < -0.3 is 10.6 Å². The van der Waals surface area contributed by atoms with Gasteiger partial charge in [-0.3, -0.25) is 4.68 Å². The summed E-state index contributed by atoms with van der Waals surface area (Å²) in [6, 6.07) is -0.0529. The summed E-state index contributed by atoms with van der Waals surface area (Å²) in [6.45, 7) is 1.53. The molecule has 1 aliphatic rings. The molecule has 2 rings (SSSR count). The van der Waals surface area contributed by atoms with Gasteiger partial charge in [-0.2, -0.15) is 5.10 Å². The van der Waals surface area contributed by atoms with Crippen LogP contribution in [0.3, 0.4) is 0 Å². The molecule has 1 fully saturated rings. The minimum atomic E-state index is -1.35. The van der Waals surface area contributed by atoms with Crippen LogP contribution >= 0.6 is 15.9 Å². The Hall–Kier alpha value is -0.460. The largest absolute Gasteiger partial charge is 0.328 e. The fourth-order valence-electron chi connectivity index (χ4n) is 2.75. The average molecular weight is 333 g/mol. The highest BCUT2D eigenvalue weighted by atomic mass is 79.9. The number of likely N-dealkylation sites (N-methyl/N-ethyl adjacent to an activating group) is 1. The molecule has 19 heavy (non-hydrogen) atoms. The number of alkyl halides is 1. The number of nitrogens with zero attached hydrogens (tertiary/aromatic N) is 3. The van der Waals surface area contributed by atoms with E-state index in [4.69, 9.17) is 5.73 Å². The maximum atomic E-state index is 15.2. The van der Waals surface area contributed by atoms with Crippen LogP contribution in [0.25, 0.3) is 0 Å². The molecule has 1 aliphatic carbocycles. The van der Waals surface area contributed by atoms with E-state index in [1.165, 1.54) is 0 Å². The maximum Gasteiger partial charge on any atom is 0.155 e. The topological polar surface area (TPSA) is 47.1 Å². The Morgan fingerprint density at radius 1 is 1.63 bits per heavy atom. The van der Waals surface area contributed by atoms with E-state index in [1.54, 1.807) is 10.9 Å². The lowest BCUT2D eigenvalue weighted by Crippen LogP contribution is -2.38. The van der Waals surface area contributed by atoms with Gasteiger partial charge in [-0.25, -0.2) is 4.39 Å². The molecule has 2 unspecified atom stereocenters. The van der Waals surface area contributed by atoms with Crippen LogP contribution in [0.2, 0.25) is 0 Å². The Morgan fingerprint density at radius 3 is 3.00 bits per heavy atom. The predicted octanol–water partition coefficient (Wildman–Crippen LogP) is 2.27. The fraction of sp³-hybridized carbons (Fsp3) is 0.769. The van der Waals surface area contributed by atoms with Crippen molar-refractivity contribution in [3.63, 3.8) is 0 Å². The zero-order valence-corrected chi connectivity index (χ0v) is 13.2. The summed E-state index contributed by atoms with van der Waals surface area (Å²) in [7, 11) is 4.00. The summed E-state index contributed by atoms with van der Waals surface area (Å²) in [5.74, 6) is 0. The van der Waals surface area contributed by atoms with Gasteiger partial charge in [0.1, 0.15) is 0 Å². The molecule has 2 atom stereocenters. The van der Waals surface area contributed by atoms with Gasteiger partial charge in [0.25, 0.3) is 0 Å². The minimum Gasteiger partial charge on any atom is -0.328 e. The van der Waals surface area contributed by atoms with Gasteiger partial charge in [0, 0.05) is 19.0 Å². The minimum absolute atomic E-state index is 0.0529. The molecular formula is C13H22BrFN4. The standard InChI is InChI=1S/C13H22BrFN4/c1-18(2)6-7-19-12(11(14)9-17-19)13(15)5-3-4-10(16)8-13/h9-10H,3-8,16H2,1-2H3. The number of rotatable bonds is 4. The van der Waals surface area contributed by atoms with Gasteiger partial charge in [-0.15, -0.1) is 0 Å². The van der Waals surface area contributed by atoms with Gasteiger partial charge in [-0.1, -0.05) is 0 Å². The molecule has 2 N–H and O–H groups in total. The molecule has 4 nitrogen and oxygen atoms in total. The number of nitrogens with two attached hydrogens (primary N) is 1. The van der Waals surface area contributed by atoms with E-state index >= 15 is 4.39 Å². The van der Waals surface area contributed by atoms with Crippen molar-refractivity contribution in [2.75, 3.05) is 20.6 Å². The van der Waals surface area contributed by atoms with Crippen LogP contribution in [-0.4, -0.2) is 41.4 Å². The van der Waals surface area contributed by atoms with Crippen molar-refractivity contribution in [3.05, 3.63) is 16.4 Å². The van der Waals surface area contributed by atoms with Crippen molar-refractivity contribution >= 4 is 15.9 Å². The number of hydrogen-bond donors (Lipinski definition) is 1. The van der Waals surface area contributed by atoms with E-state index in [0.717, 1.165) is 23.9 Å². The van der Waals surface area contributed by atoms with E-state index < -0.39 is 5.67 Å². The predicted molar refractivity (Wildman–Crippen MR) is 77.7 cm³/mol. The lowest BCUT2D eigenvalue weighted by molar-refractivity contribution is 0.0825. The summed E-state index contributed by atoms with van der Waals surface area (Å²) in [4.78, 5) is 2.07. The second-order valence-electron chi connectivity index (χ2n) is 5.69. The first-order chi connectivity index (χ1) is 8.92. The first-order valence-corrected chi connectivity index (χ1v) is 7.53. The molecule has 0 aliphatic heterocycles. The maximum absolute atomic E-state index is 15.2. The van der Waals surface area contributed by atoms with Gasteiger partial charge in [-0.05, 0) is 49.3 Å². The lowest BCUT2D eigenvalue weighted by atomic mass is 9.81. The van der Waals surface area contributed by atoms with Crippen LogP contribution in [0, 0.1) is 0 Å². The van der Waals surface area contributed by atoms with Crippen LogP contribution in [0.1, 0.15) is 31.4 Å².